The molecular formula is C17H32N2. The maximum atomic E-state index is 3.72. The molecule has 0 bridgehead atoms. The van der Waals surface area contributed by atoms with E-state index in [1.54, 1.807) is 0 Å². The molecule has 2 aliphatic carbocycles. The standard InChI is InChI=1S/C17H32N2/c1-17(2,3)18-12-14-8-9-16(14)19-11-10-13-6-4-5-7-15(13)19/h13-16,18H,4-12H2,1-3H3. The highest BCUT2D eigenvalue weighted by Crippen LogP contribution is 2.42. The van der Waals surface area contributed by atoms with Crippen LogP contribution in [0.1, 0.15) is 65.7 Å². The second-order valence-corrected chi connectivity index (χ2v) is 8.17. The quantitative estimate of drug-likeness (QED) is 0.840. The number of nitrogens with zero attached hydrogens (tertiary/aromatic N) is 1. The Kier molecular flexibility index (Phi) is 3.92. The summed E-state index contributed by atoms with van der Waals surface area (Å²) in [5.74, 6) is 1.96. The van der Waals surface area contributed by atoms with Gasteiger partial charge in [0.05, 0.1) is 0 Å². The number of hydrogen-bond donors (Lipinski definition) is 1. The van der Waals surface area contributed by atoms with Crippen molar-refractivity contribution in [2.45, 2.75) is 83.3 Å². The van der Waals surface area contributed by atoms with Gasteiger partial charge in [0.2, 0.25) is 0 Å². The second-order valence-electron chi connectivity index (χ2n) is 8.17. The Morgan fingerprint density at radius 1 is 0.947 bits per heavy atom. The smallest absolute Gasteiger partial charge is 0.0139 e. The molecule has 1 aliphatic heterocycles. The maximum Gasteiger partial charge on any atom is 0.0139 e. The predicted molar refractivity (Wildman–Crippen MR) is 81.3 cm³/mol. The molecule has 3 fully saturated rings. The van der Waals surface area contributed by atoms with E-state index < -0.39 is 0 Å². The van der Waals surface area contributed by atoms with Crippen molar-refractivity contribution in [2.24, 2.45) is 11.8 Å². The zero-order valence-electron chi connectivity index (χ0n) is 13.1. The van der Waals surface area contributed by atoms with Crippen LogP contribution in [0.5, 0.6) is 0 Å². The first kappa shape index (κ1) is 13.9. The zero-order valence-corrected chi connectivity index (χ0v) is 13.1. The Bertz CT molecular complexity index is 307. The van der Waals surface area contributed by atoms with Crippen LogP contribution in [0.4, 0.5) is 0 Å². The van der Waals surface area contributed by atoms with E-state index in [0.29, 0.717) is 0 Å². The first-order chi connectivity index (χ1) is 9.04. The second kappa shape index (κ2) is 5.37. The summed E-state index contributed by atoms with van der Waals surface area (Å²) in [7, 11) is 0. The summed E-state index contributed by atoms with van der Waals surface area (Å²) < 4.78 is 0. The van der Waals surface area contributed by atoms with Crippen LogP contribution in [0.2, 0.25) is 0 Å². The molecule has 4 unspecified atom stereocenters. The van der Waals surface area contributed by atoms with Crippen LogP contribution in [-0.2, 0) is 0 Å². The van der Waals surface area contributed by atoms with Gasteiger partial charge in [0.15, 0.2) is 0 Å². The molecule has 110 valence electrons. The molecule has 0 aromatic carbocycles. The lowest BCUT2D eigenvalue weighted by Gasteiger charge is -2.47. The third-order valence-corrected chi connectivity index (χ3v) is 5.75. The summed E-state index contributed by atoms with van der Waals surface area (Å²) in [6.45, 7) is 9.48. The van der Waals surface area contributed by atoms with E-state index in [2.05, 4.69) is 31.0 Å². The predicted octanol–water partition coefficient (Wildman–Crippen LogP) is 3.42. The average molecular weight is 264 g/mol. The Morgan fingerprint density at radius 2 is 1.74 bits per heavy atom. The van der Waals surface area contributed by atoms with E-state index in [-0.39, 0.29) is 5.54 Å². The van der Waals surface area contributed by atoms with Crippen molar-refractivity contribution in [3.63, 3.8) is 0 Å². The van der Waals surface area contributed by atoms with E-state index >= 15 is 0 Å². The summed E-state index contributed by atoms with van der Waals surface area (Å²) in [5.41, 5.74) is 0.276. The van der Waals surface area contributed by atoms with Gasteiger partial charge in [0.1, 0.15) is 0 Å². The van der Waals surface area contributed by atoms with E-state index in [9.17, 15) is 0 Å². The number of fused-ring (bicyclic) bond motifs is 1. The van der Waals surface area contributed by atoms with E-state index in [1.807, 2.05) is 0 Å². The molecule has 0 amide bonds. The molecule has 1 N–H and O–H groups in total. The topological polar surface area (TPSA) is 15.3 Å². The lowest BCUT2D eigenvalue weighted by Crippen LogP contribution is -2.54. The highest BCUT2D eigenvalue weighted by Gasteiger charge is 2.44. The van der Waals surface area contributed by atoms with Gasteiger partial charge in [-0.2, -0.15) is 0 Å². The number of hydrogen-bond acceptors (Lipinski definition) is 2. The monoisotopic (exact) mass is 264 g/mol. The van der Waals surface area contributed by atoms with Gasteiger partial charge in [0.25, 0.3) is 0 Å². The van der Waals surface area contributed by atoms with Crippen LogP contribution in [0.3, 0.4) is 0 Å². The van der Waals surface area contributed by atoms with Gasteiger partial charge in [-0.05, 0) is 77.8 Å². The van der Waals surface area contributed by atoms with Crippen molar-refractivity contribution < 1.29 is 0 Å². The molecule has 3 aliphatic rings. The summed E-state index contributed by atoms with van der Waals surface area (Å²) >= 11 is 0. The average Bonchev–Trinajstić information content (AvgIpc) is 2.71. The highest BCUT2D eigenvalue weighted by molar-refractivity contribution is 4.99. The summed E-state index contributed by atoms with van der Waals surface area (Å²) in [5, 5.41) is 3.72. The Hall–Kier alpha value is -0.0800. The van der Waals surface area contributed by atoms with Crippen molar-refractivity contribution in [1.82, 2.24) is 10.2 Å². The third-order valence-electron chi connectivity index (χ3n) is 5.75. The molecule has 2 saturated carbocycles. The minimum Gasteiger partial charge on any atom is -0.312 e. The normalized spacial score (nSPS) is 39.9. The fourth-order valence-electron chi connectivity index (χ4n) is 4.52. The van der Waals surface area contributed by atoms with Crippen molar-refractivity contribution in [3.8, 4) is 0 Å². The fraction of sp³-hybridized carbons (Fsp3) is 1.00. The summed E-state index contributed by atoms with van der Waals surface area (Å²) in [6.07, 6.45) is 10.4. The SMILES string of the molecule is CC(C)(C)NCC1CCC1N1CCC2CCCCC21. The summed E-state index contributed by atoms with van der Waals surface area (Å²) in [4.78, 5) is 2.92. The van der Waals surface area contributed by atoms with E-state index in [0.717, 1.165) is 23.9 Å². The molecule has 1 heterocycles. The van der Waals surface area contributed by atoms with Gasteiger partial charge >= 0.3 is 0 Å². The van der Waals surface area contributed by atoms with Crippen LogP contribution in [-0.4, -0.2) is 35.6 Å². The van der Waals surface area contributed by atoms with Gasteiger partial charge in [0, 0.05) is 17.6 Å². The van der Waals surface area contributed by atoms with E-state index in [4.69, 9.17) is 0 Å². The Morgan fingerprint density at radius 3 is 2.42 bits per heavy atom. The molecule has 3 rings (SSSR count). The molecule has 1 saturated heterocycles. The van der Waals surface area contributed by atoms with Crippen molar-refractivity contribution in [2.75, 3.05) is 13.1 Å². The molecule has 0 aromatic rings. The number of rotatable bonds is 3. The molecule has 19 heavy (non-hydrogen) atoms. The highest BCUT2D eigenvalue weighted by atomic mass is 15.2. The van der Waals surface area contributed by atoms with E-state index in [1.165, 1.54) is 58.0 Å². The lowest BCUT2D eigenvalue weighted by atomic mass is 9.76. The number of nitrogens with one attached hydrogen (secondary N) is 1. The molecule has 2 nitrogen and oxygen atoms in total. The third kappa shape index (κ3) is 3.00. The van der Waals surface area contributed by atoms with Crippen molar-refractivity contribution in [1.29, 1.82) is 0 Å². The largest absolute Gasteiger partial charge is 0.312 e. The lowest BCUT2D eigenvalue weighted by molar-refractivity contribution is 0.0314. The molecular weight excluding hydrogens is 232 g/mol. The van der Waals surface area contributed by atoms with Crippen molar-refractivity contribution >= 4 is 0 Å². The minimum absolute atomic E-state index is 0.276. The van der Waals surface area contributed by atoms with Crippen LogP contribution >= 0.6 is 0 Å². The van der Waals surface area contributed by atoms with Gasteiger partial charge in [-0.1, -0.05) is 12.8 Å². The van der Waals surface area contributed by atoms with Gasteiger partial charge in [-0.3, -0.25) is 4.90 Å². The number of likely N-dealkylation sites (tertiary alicyclic amines) is 1. The molecule has 0 radical (unpaired) electrons. The molecule has 0 aromatic heterocycles. The maximum absolute atomic E-state index is 3.72. The minimum atomic E-state index is 0.276. The van der Waals surface area contributed by atoms with Gasteiger partial charge in [-0.15, -0.1) is 0 Å². The fourth-order valence-corrected chi connectivity index (χ4v) is 4.52. The molecule has 2 heteroatoms. The van der Waals surface area contributed by atoms with Gasteiger partial charge in [-0.25, -0.2) is 0 Å². The Balaban J connectivity index is 1.54. The van der Waals surface area contributed by atoms with Gasteiger partial charge < -0.3 is 5.32 Å². The van der Waals surface area contributed by atoms with Crippen LogP contribution in [0, 0.1) is 11.8 Å². The van der Waals surface area contributed by atoms with Crippen LogP contribution in [0.15, 0.2) is 0 Å². The Labute approximate surface area is 119 Å². The van der Waals surface area contributed by atoms with Crippen LogP contribution in [0.25, 0.3) is 0 Å². The van der Waals surface area contributed by atoms with Crippen LogP contribution < -0.4 is 5.32 Å². The summed E-state index contributed by atoms with van der Waals surface area (Å²) in [6, 6.07) is 1.86. The van der Waals surface area contributed by atoms with Crippen molar-refractivity contribution in [3.05, 3.63) is 0 Å². The first-order valence-electron chi connectivity index (χ1n) is 8.55. The zero-order chi connectivity index (χ0) is 13.5. The first-order valence-corrected chi connectivity index (χ1v) is 8.55. The molecule has 0 spiro atoms. The molecule has 4 atom stereocenters.